The van der Waals surface area contributed by atoms with E-state index in [2.05, 4.69) is 51.1 Å². The van der Waals surface area contributed by atoms with Crippen LogP contribution < -0.4 is 0 Å². The van der Waals surface area contributed by atoms with Crippen molar-refractivity contribution in [1.82, 2.24) is 0 Å². The van der Waals surface area contributed by atoms with Gasteiger partial charge >= 0.3 is 0 Å². The first-order valence-corrected chi connectivity index (χ1v) is 5.22. The van der Waals surface area contributed by atoms with E-state index in [1.54, 1.807) is 0 Å². The van der Waals surface area contributed by atoms with Crippen molar-refractivity contribution in [2.45, 2.75) is 27.2 Å². The normalized spacial score (nSPS) is 10.8. The van der Waals surface area contributed by atoms with Crippen LogP contribution in [-0.4, -0.2) is 0 Å². The standard InChI is InChI=1S/C14H16/c1-4-12-9-10(2)11(3)13-7-5-6-8-14(12)13/h5-9H,4H2,1-3H3. The van der Waals surface area contributed by atoms with Crippen LogP contribution in [0.25, 0.3) is 10.8 Å². The lowest BCUT2D eigenvalue weighted by Crippen LogP contribution is -1.90. The molecule has 0 saturated carbocycles. The molecule has 0 saturated heterocycles. The third kappa shape index (κ3) is 1.31. The van der Waals surface area contributed by atoms with Crippen LogP contribution in [0.5, 0.6) is 0 Å². The Morgan fingerprint density at radius 3 is 2.29 bits per heavy atom. The minimum absolute atomic E-state index is 1.11. The molecular weight excluding hydrogens is 168 g/mol. The second-order valence-electron chi connectivity index (χ2n) is 3.88. The van der Waals surface area contributed by atoms with Gasteiger partial charge in [-0.3, -0.25) is 0 Å². The Kier molecular flexibility index (Phi) is 2.28. The van der Waals surface area contributed by atoms with Crippen molar-refractivity contribution < 1.29 is 0 Å². The van der Waals surface area contributed by atoms with Gasteiger partial charge in [0.1, 0.15) is 0 Å². The van der Waals surface area contributed by atoms with E-state index in [1.807, 2.05) is 0 Å². The van der Waals surface area contributed by atoms with E-state index in [-0.39, 0.29) is 0 Å². The lowest BCUT2D eigenvalue weighted by Gasteiger charge is -2.10. The third-order valence-corrected chi connectivity index (χ3v) is 3.04. The zero-order valence-corrected chi connectivity index (χ0v) is 9.09. The van der Waals surface area contributed by atoms with Gasteiger partial charge in [0, 0.05) is 0 Å². The molecule has 0 aliphatic rings. The van der Waals surface area contributed by atoms with Gasteiger partial charge in [0.2, 0.25) is 0 Å². The first-order chi connectivity index (χ1) is 6.74. The number of fused-ring (bicyclic) bond motifs is 1. The molecule has 0 heteroatoms. The number of rotatable bonds is 1. The maximum absolute atomic E-state index is 2.32. The zero-order valence-electron chi connectivity index (χ0n) is 9.09. The van der Waals surface area contributed by atoms with Crippen LogP contribution in [-0.2, 0) is 6.42 Å². The van der Waals surface area contributed by atoms with Gasteiger partial charge in [0.15, 0.2) is 0 Å². The second-order valence-corrected chi connectivity index (χ2v) is 3.88. The van der Waals surface area contributed by atoms with Crippen LogP contribution in [0.1, 0.15) is 23.6 Å². The molecule has 2 rings (SSSR count). The first kappa shape index (κ1) is 9.26. The van der Waals surface area contributed by atoms with Crippen LogP contribution in [0.3, 0.4) is 0 Å². The summed E-state index contributed by atoms with van der Waals surface area (Å²) >= 11 is 0. The SMILES string of the molecule is CCc1cc(C)c(C)c2ccccc12. The first-order valence-electron chi connectivity index (χ1n) is 5.22. The van der Waals surface area contributed by atoms with Crippen molar-refractivity contribution in [2.75, 3.05) is 0 Å². The highest BCUT2D eigenvalue weighted by atomic mass is 14.1. The van der Waals surface area contributed by atoms with E-state index in [1.165, 1.54) is 27.5 Å². The fraction of sp³-hybridized carbons (Fsp3) is 0.286. The van der Waals surface area contributed by atoms with Gasteiger partial charge in [-0.25, -0.2) is 0 Å². The highest BCUT2D eigenvalue weighted by Crippen LogP contribution is 2.25. The van der Waals surface area contributed by atoms with Crippen molar-refractivity contribution in [3.8, 4) is 0 Å². The molecule has 0 aliphatic heterocycles. The van der Waals surface area contributed by atoms with E-state index in [0.717, 1.165) is 6.42 Å². The van der Waals surface area contributed by atoms with Crippen molar-refractivity contribution in [2.24, 2.45) is 0 Å². The largest absolute Gasteiger partial charge is 0.0616 e. The molecular formula is C14H16. The lowest BCUT2D eigenvalue weighted by atomic mass is 9.95. The summed E-state index contributed by atoms with van der Waals surface area (Å²) in [5, 5.41) is 2.82. The summed E-state index contributed by atoms with van der Waals surface area (Å²) in [5.41, 5.74) is 4.28. The predicted molar refractivity (Wildman–Crippen MR) is 62.8 cm³/mol. The summed E-state index contributed by atoms with van der Waals surface area (Å²) in [4.78, 5) is 0. The summed E-state index contributed by atoms with van der Waals surface area (Å²) in [5.74, 6) is 0. The Balaban J connectivity index is 2.89. The van der Waals surface area contributed by atoms with Crippen molar-refractivity contribution in [1.29, 1.82) is 0 Å². The average Bonchev–Trinajstić information content (AvgIpc) is 2.23. The van der Waals surface area contributed by atoms with Gasteiger partial charge in [-0.15, -0.1) is 0 Å². The van der Waals surface area contributed by atoms with Crippen LogP contribution in [0.2, 0.25) is 0 Å². The second kappa shape index (κ2) is 3.45. The molecule has 0 aliphatic carbocycles. The van der Waals surface area contributed by atoms with Crippen LogP contribution in [0.4, 0.5) is 0 Å². The molecule has 0 heterocycles. The Labute approximate surface area is 85.6 Å². The third-order valence-electron chi connectivity index (χ3n) is 3.04. The summed E-state index contributed by atoms with van der Waals surface area (Å²) in [7, 11) is 0. The molecule has 2 aromatic rings. The highest BCUT2D eigenvalue weighted by molar-refractivity contribution is 5.89. The Morgan fingerprint density at radius 2 is 1.64 bits per heavy atom. The maximum atomic E-state index is 2.32. The van der Waals surface area contributed by atoms with Gasteiger partial charge in [-0.05, 0) is 47.7 Å². The van der Waals surface area contributed by atoms with E-state index in [4.69, 9.17) is 0 Å². The fourth-order valence-corrected chi connectivity index (χ4v) is 2.04. The molecule has 0 atom stereocenters. The lowest BCUT2D eigenvalue weighted by molar-refractivity contribution is 1.15. The van der Waals surface area contributed by atoms with Gasteiger partial charge in [-0.1, -0.05) is 37.3 Å². The fourth-order valence-electron chi connectivity index (χ4n) is 2.04. The molecule has 0 unspecified atom stereocenters. The van der Waals surface area contributed by atoms with E-state index >= 15 is 0 Å². The molecule has 0 amide bonds. The summed E-state index contributed by atoms with van der Waals surface area (Å²) in [6, 6.07) is 11.0. The van der Waals surface area contributed by atoms with Crippen LogP contribution in [0.15, 0.2) is 30.3 Å². The smallest absolute Gasteiger partial charge is 0.0149 e. The summed E-state index contributed by atoms with van der Waals surface area (Å²) in [6.45, 7) is 6.62. The molecule has 0 radical (unpaired) electrons. The number of hydrogen-bond acceptors (Lipinski definition) is 0. The Hall–Kier alpha value is -1.30. The van der Waals surface area contributed by atoms with E-state index < -0.39 is 0 Å². The molecule has 0 N–H and O–H groups in total. The molecule has 2 aromatic carbocycles. The molecule has 0 nitrogen and oxygen atoms in total. The van der Waals surface area contributed by atoms with Crippen molar-refractivity contribution in [3.63, 3.8) is 0 Å². The maximum Gasteiger partial charge on any atom is -0.0149 e. The van der Waals surface area contributed by atoms with Crippen molar-refractivity contribution in [3.05, 3.63) is 47.0 Å². The topological polar surface area (TPSA) is 0 Å². The minimum atomic E-state index is 1.11. The molecule has 0 spiro atoms. The Morgan fingerprint density at radius 1 is 1.00 bits per heavy atom. The van der Waals surface area contributed by atoms with Crippen molar-refractivity contribution >= 4 is 10.8 Å². The molecule has 0 fully saturated rings. The summed E-state index contributed by atoms with van der Waals surface area (Å²) in [6.07, 6.45) is 1.11. The number of aryl methyl sites for hydroxylation is 3. The van der Waals surface area contributed by atoms with Gasteiger partial charge < -0.3 is 0 Å². The molecule has 14 heavy (non-hydrogen) atoms. The van der Waals surface area contributed by atoms with Crippen LogP contribution >= 0.6 is 0 Å². The van der Waals surface area contributed by atoms with E-state index in [0.29, 0.717) is 0 Å². The average molecular weight is 184 g/mol. The van der Waals surface area contributed by atoms with Gasteiger partial charge in [0.25, 0.3) is 0 Å². The zero-order chi connectivity index (χ0) is 10.1. The van der Waals surface area contributed by atoms with Crippen LogP contribution in [0, 0.1) is 13.8 Å². The predicted octanol–water partition coefficient (Wildman–Crippen LogP) is 4.02. The number of hydrogen-bond donors (Lipinski definition) is 0. The summed E-state index contributed by atoms with van der Waals surface area (Å²) < 4.78 is 0. The molecule has 0 aromatic heterocycles. The van der Waals surface area contributed by atoms with E-state index in [9.17, 15) is 0 Å². The highest BCUT2D eigenvalue weighted by Gasteiger charge is 2.03. The molecule has 72 valence electrons. The van der Waals surface area contributed by atoms with Gasteiger partial charge in [-0.2, -0.15) is 0 Å². The van der Waals surface area contributed by atoms with Gasteiger partial charge in [0.05, 0.1) is 0 Å². The monoisotopic (exact) mass is 184 g/mol. The quantitative estimate of drug-likeness (QED) is 0.628. The molecule has 0 bridgehead atoms. The minimum Gasteiger partial charge on any atom is -0.0616 e. The Bertz CT molecular complexity index is 467. The number of benzene rings is 2.